The van der Waals surface area contributed by atoms with Gasteiger partial charge in [-0.05, 0) is 62.2 Å². The molecule has 10 heteroatoms. The Balaban J connectivity index is 1.82. The molecule has 1 atom stereocenters. The molecule has 0 bridgehead atoms. The molecule has 190 valence electrons. The molecule has 0 N–H and O–H groups in total. The van der Waals surface area contributed by atoms with Gasteiger partial charge in [0, 0.05) is 18.4 Å². The first-order valence-corrected chi connectivity index (χ1v) is 12.1. The molecular weight excluding hydrogens is 476 g/mol. The summed E-state index contributed by atoms with van der Waals surface area (Å²) in [4.78, 5) is 48.9. The van der Waals surface area contributed by atoms with Gasteiger partial charge in [0.05, 0.1) is 31.8 Å². The highest BCUT2D eigenvalue weighted by molar-refractivity contribution is 5.97. The maximum absolute atomic E-state index is 13.4. The minimum absolute atomic E-state index is 0.00369. The Hall–Kier alpha value is -4.31. The molecule has 3 aromatic heterocycles. The number of carbonyl (C=O) groups is 2. The van der Waals surface area contributed by atoms with Crippen LogP contribution in [0.25, 0.3) is 16.7 Å². The number of hydrogen-bond donors (Lipinski definition) is 0. The van der Waals surface area contributed by atoms with Gasteiger partial charge >= 0.3 is 5.97 Å². The van der Waals surface area contributed by atoms with Crippen LogP contribution in [0.2, 0.25) is 0 Å². The summed E-state index contributed by atoms with van der Waals surface area (Å²) >= 11 is 0. The standard InChI is InChI=1S/C27H26N4O6/c1-3-36-27(34)21-15-20-23(28-22-8-4-5-13-30(22)26(20)33)31(16-19-7-6-14-37-19)24(21)29-25(32)17-9-11-18(35-2)12-10-17/h4-5,8-13,15,19H,3,6-7,14,16H2,1-2H3/t19-/m1/s1. The van der Waals surface area contributed by atoms with Crippen LogP contribution in [0.4, 0.5) is 0 Å². The molecule has 1 amide bonds. The zero-order valence-electron chi connectivity index (χ0n) is 20.5. The van der Waals surface area contributed by atoms with Crippen LogP contribution in [0.5, 0.6) is 5.75 Å². The average molecular weight is 503 g/mol. The van der Waals surface area contributed by atoms with E-state index in [0.29, 0.717) is 29.2 Å². The van der Waals surface area contributed by atoms with Gasteiger partial charge in [-0.3, -0.25) is 14.0 Å². The molecule has 1 aromatic carbocycles. The van der Waals surface area contributed by atoms with Crippen molar-refractivity contribution < 1.29 is 23.8 Å². The van der Waals surface area contributed by atoms with Crippen molar-refractivity contribution in [3.8, 4) is 5.75 Å². The van der Waals surface area contributed by atoms with Crippen molar-refractivity contribution in [1.29, 1.82) is 0 Å². The van der Waals surface area contributed by atoms with Gasteiger partial charge in [-0.1, -0.05) is 6.07 Å². The zero-order chi connectivity index (χ0) is 25.9. The molecule has 0 aliphatic carbocycles. The van der Waals surface area contributed by atoms with E-state index >= 15 is 0 Å². The van der Waals surface area contributed by atoms with E-state index in [1.807, 2.05) is 0 Å². The number of esters is 1. The first-order chi connectivity index (χ1) is 18.0. The van der Waals surface area contributed by atoms with Crippen molar-refractivity contribution in [2.45, 2.75) is 32.4 Å². The van der Waals surface area contributed by atoms with Gasteiger partial charge in [0.1, 0.15) is 22.6 Å². The first-order valence-electron chi connectivity index (χ1n) is 12.1. The number of amides is 1. The van der Waals surface area contributed by atoms with Crippen LogP contribution in [0.3, 0.4) is 0 Å². The summed E-state index contributed by atoms with van der Waals surface area (Å²) in [5, 5.41) is 0.209. The number of carbonyl (C=O) groups excluding carboxylic acids is 2. The normalized spacial score (nSPS) is 15.8. The van der Waals surface area contributed by atoms with E-state index in [4.69, 9.17) is 19.2 Å². The summed E-state index contributed by atoms with van der Waals surface area (Å²) in [5.74, 6) is -0.657. The quantitative estimate of drug-likeness (QED) is 0.294. The lowest BCUT2D eigenvalue weighted by atomic mass is 10.1. The van der Waals surface area contributed by atoms with E-state index in [9.17, 15) is 14.4 Å². The van der Waals surface area contributed by atoms with Crippen LogP contribution in [0, 0.1) is 0 Å². The predicted molar refractivity (Wildman–Crippen MR) is 135 cm³/mol. The highest BCUT2D eigenvalue weighted by atomic mass is 16.5. The Morgan fingerprint density at radius 2 is 2.00 bits per heavy atom. The monoisotopic (exact) mass is 502 g/mol. The maximum atomic E-state index is 13.4. The van der Waals surface area contributed by atoms with Crippen molar-refractivity contribution in [3.05, 3.63) is 81.7 Å². The predicted octanol–water partition coefficient (Wildman–Crippen LogP) is 2.75. The lowest BCUT2D eigenvalue weighted by Gasteiger charge is -2.18. The highest BCUT2D eigenvalue weighted by Gasteiger charge is 2.24. The van der Waals surface area contributed by atoms with Gasteiger partial charge in [0.15, 0.2) is 5.49 Å². The summed E-state index contributed by atoms with van der Waals surface area (Å²) in [6.07, 6.45) is 3.10. The zero-order valence-corrected chi connectivity index (χ0v) is 20.5. The Morgan fingerprint density at radius 3 is 2.70 bits per heavy atom. The number of pyridine rings is 2. The van der Waals surface area contributed by atoms with E-state index in [2.05, 4.69) is 4.99 Å². The maximum Gasteiger partial charge on any atom is 0.341 e. The molecule has 1 aliphatic heterocycles. The topological polar surface area (TPSA) is 113 Å². The SMILES string of the molecule is CCOC(=O)c1cc2c(=O)n3ccccc3nc2n(C[C@H]2CCCO2)c1=NC(=O)c1ccc(OC)cc1. The third kappa shape index (κ3) is 4.75. The van der Waals surface area contributed by atoms with E-state index < -0.39 is 11.9 Å². The molecule has 10 nitrogen and oxygen atoms in total. The van der Waals surface area contributed by atoms with Crippen LogP contribution in [0.1, 0.15) is 40.5 Å². The lowest BCUT2D eigenvalue weighted by molar-refractivity contribution is 0.0521. The summed E-state index contributed by atoms with van der Waals surface area (Å²) < 4.78 is 19.4. The number of ether oxygens (including phenoxy) is 3. The van der Waals surface area contributed by atoms with E-state index in [1.54, 1.807) is 60.2 Å². The number of fused-ring (bicyclic) bond motifs is 2. The Morgan fingerprint density at radius 1 is 1.19 bits per heavy atom. The molecule has 0 saturated carbocycles. The van der Waals surface area contributed by atoms with E-state index in [-0.39, 0.29) is 41.3 Å². The third-order valence-corrected chi connectivity index (χ3v) is 6.24. The van der Waals surface area contributed by atoms with Gasteiger partial charge in [0.2, 0.25) is 0 Å². The number of aromatic nitrogens is 3. The molecule has 0 radical (unpaired) electrons. The lowest BCUT2D eigenvalue weighted by Crippen LogP contribution is -2.35. The van der Waals surface area contributed by atoms with Crippen LogP contribution in [0.15, 0.2) is 64.5 Å². The fraction of sp³-hybridized carbons (Fsp3) is 0.296. The van der Waals surface area contributed by atoms with Crippen molar-refractivity contribution >= 4 is 28.6 Å². The van der Waals surface area contributed by atoms with E-state index in [1.165, 1.54) is 17.6 Å². The number of benzene rings is 1. The molecule has 0 spiro atoms. The molecule has 1 aliphatic rings. The second kappa shape index (κ2) is 10.4. The highest BCUT2D eigenvalue weighted by Crippen LogP contribution is 2.18. The molecular formula is C27H26N4O6. The van der Waals surface area contributed by atoms with Crippen LogP contribution in [-0.4, -0.2) is 52.3 Å². The smallest absolute Gasteiger partial charge is 0.341 e. The Bertz CT molecular complexity index is 1610. The second-order valence-electron chi connectivity index (χ2n) is 8.58. The van der Waals surface area contributed by atoms with Crippen LogP contribution >= 0.6 is 0 Å². The van der Waals surface area contributed by atoms with Gasteiger partial charge in [-0.15, -0.1) is 0 Å². The van der Waals surface area contributed by atoms with Crippen molar-refractivity contribution in [2.75, 3.05) is 20.3 Å². The second-order valence-corrected chi connectivity index (χ2v) is 8.58. The number of nitrogens with zero attached hydrogens (tertiary/aromatic N) is 4. The van der Waals surface area contributed by atoms with Gasteiger partial charge in [-0.2, -0.15) is 4.99 Å². The molecule has 0 unspecified atom stereocenters. The molecule has 5 rings (SSSR count). The number of hydrogen-bond acceptors (Lipinski definition) is 7. The fourth-order valence-electron chi connectivity index (χ4n) is 4.42. The van der Waals surface area contributed by atoms with Crippen LogP contribution < -0.4 is 15.8 Å². The molecule has 1 saturated heterocycles. The van der Waals surface area contributed by atoms with Crippen molar-refractivity contribution in [2.24, 2.45) is 4.99 Å². The van der Waals surface area contributed by atoms with Gasteiger partial charge in [-0.25, -0.2) is 9.78 Å². The summed E-state index contributed by atoms with van der Waals surface area (Å²) in [7, 11) is 1.54. The molecule has 37 heavy (non-hydrogen) atoms. The van der Waals surface area contributed by atoms with Gasteiger partial charge < -0.3 is 18.8 Å². The van der Waals surface area contributed by atoms with Crippen LogP contribution in [-0.2, 0) is 16.0 Å². The third-order valence-electron chi connectivity index (χ3n) is 6.24. The van der Waals surface area contributed by atoms with Crippen molar-refractivity contribution in [3.63, 3.8) is 0 Å². The minimum atomic E-state index is -0.690. The largest absolute Gasteiger partial charge is 0.497 e. The summed E-state index contributed by atoms with van der Waals surface area (Å²) in [6, 6.07) is 13.1. The average Bonchev–Trinajstić information content (AvgIpc) is 3.43. The fourth-order valence-corrected chi connectivity index (χ4v) is 4.42. The summed E-state index contributed by atoms with van der Waals surface area (Å²) in [6.45, 7) is 2.66. The number of rotatable bonds is 6. The van der Waals surface area contributed by atoms with E-state index in [0.717, 1.165) is 12.8 Å². The van der Waals surface area contributed by atoms with Crippen molar-refractivity contribution in [1.82, 2.24) is 14.0 Å². The first kappa shape index (κ1) is 24.4. The minimum Gasteiger partial charge on any atom is -0.497 e. The molecule has 4 heterocycles. The Labute approximate surface area is 211 Å². The summed E-state index contributed by atoms with van der Waals surface area (Å²) in [5.41, 5.74) is 0.767. The molecule has 1 fully saturated rings. The molecule has 4 aromatic rings. The number of methoxy groups -OCH3 is 1. The van der Waals surface area contributed by atoms with Gasteiger partial charge in [0.25, 0.3) is 11.5 Å². The Kier molecular flexibility index (Phi) is 6.82.